The number of ether oxygens (including phenoxy) is 1. The van der Waals surface area contributed by atoms with Crippen LogP contribution in [-0.2, 0) is 19.1 Å². The number of hydrogen-bond acceptors (Lipinski definition) is 5. The third-order valence-electron chi connectivity index (χ3n) is 3.86. The number of amides is 2. The summed E-state index contributed by atoms with van der Waals surface area (Å²) in [5, 5.41) is 8.08. The minimum atomic E-state index is -0.498. The molecule has 0 saturated heterocycles. The molecule has 1 heterocycles. The van der Waals surface area contributed by atoms with Gasteiger partial charge < -0.3 is 15.4 Å². The summed E-state index contributed by atoms with van der Waals surface area (Å²) < 4.78 is 4.72. The lowest BCUT2D eigenvalue weighted by Gasteiger charge is -2.21. The van der Waals surface area contributed by atoms with Gasteiger partial charge in [0.15, 0.2) is 0 Å². The summed E-state index contributed by atoms with van der Waals surface area (Å²) in [7, 11) is 1.31. The molecule has 1 aromatic carbocycles. The van der Waals surface area contributed by atoms with E-state index >= 15 is 0 Å². The molecular weight excluding hydrogens is 388 g/mol. The summed E-state index contributed by atoms with van der Waals surface area (Å²) >= 11 is 7.35. The third kappa shape index (κ3) is 6.69. The first-order valence-corrected chi connectivity index (χ1v) is 9.57. The first-order valence-electron chi connectivity index (χ1n) is 8.31. The van der Waals surface area contributed by atoms with E-state index in [0.29, 0.717) is 5.02 Å². The van der Waals surface area contributed by atoms with Gasteiger partial charge in [0.05, 0.1) is 32.0 Å². The van der Waals surface area contributed by atoms with Crippen LogP contribution in [0.2, 0.25) is 5.02 Å². The molecule has 2 amide bonds. The zero-order valence-corrected chi connectivity index (χ0v) is 16.6. The van der Waals surface area contributed by atoms with Gasteiger partial charge in [-0.25, -0.2) is 0 Å². The Kier molecular flexibility index (Phi) is 7.82. The summed E-state index contributed by atoms with van der Waals surface area (Å²) in [5.41, 5.74) is 0.769. The summed E-state index contributed by atoms with van der Waals surface area (Å²) in [6, 6.07) is 9.66. The van der Waals surface area contributed by atoms with Gasteiger partial charge in [0.1, 0.15) is 0 Å². The number of carbonyl (C=O) groups excluding carboxylic acids is 3. The minimum Gasteiger partial charge on any atom is -0.469 e. The fourth-order valence-corrected chi connectivity index (χ4v) is 3.50. The van der Waals surface area contributed by atoms with Crippen molar-refractivity contribution in [2.45, 2.75) is 31.8 Å². The maximum absolute atomic E-state index is 12.6. The number of methoxy groups -OCH3 is 1. The quantitative estimate of drug-likeness (QED) is 0.656. The normalized spacial score (nSPS) is 12.7. The molecule has 0 saturated carbocycles. The second kappa shape index (κ2) is 10.1. The standard InChI is InChI=1S/C19H21ClN2O4S/c1-12(23)21-15(13-5-7-14(20)8-6-13)10-18(24)22-16(11-19(25)26-2)17-4-3-9-27-17/h3-9,15-16H,10-11H2,1-2H3,(H,21,23)(H,22,24)/t15-,16+/m0/s1. The molecule has 27 heavy (non-hydrogen) atoms. The van der Waals surface area contributed by atoms with Crippen LogP contribution >= 0.6 is 22.9 Å². The third-order valence-corrected chi connectivity index (χ3v) is 5.10. The summed E-state index contributed by atoms with van der Waals surface area (Å²) in [4.78, 5) is 36.7. The van der Waals surface area contributed by atoms with Crippen LogP contribution in [0.25, 0.3) is 0 Å². The van der Waals surface area contributed by atoms with E-state index in [2.05, 4.69) is 10.6 Å². The monoisotopic (exact) mass is 408 g/mol. The highest BCUT2D eigenvalue weighted by molar-refractivity contribution is 7.10. The van der Waals surface area contributed by atoms with Crippen molar-refractivity contribution >= 4 is 40.7 Å². The van der Waals surface area contributed by atoms with Crippen LogP contribution in [0, 0.1) is 0 Å². The second-order valence-electron chi connectivity index (χ2n) is 5.92. The van der Waals surface area contributed by atoms with E-state index in [0.717, 1.165) is 10.4 Å². The number of nitrogens with one attached hydrogen (secondary N) is 2. The van der Waals surface area contributed by atoms with Crippen LogP contribution in [-0.4, -0.2) is 24.9 Å². The van der Waals surface area contributed by atoms with Crippen LogP contribution in [0.5, 0.6) is 0 Å². The van der Waals surface area contributed by atoms with E-state index in [-0.39, 0.29) is 24.7 Å². The van der Waals surface area contributed by atoms with Crippen molar-refractivity contribution in [2.24, 2.45) is 0 Å². The molecule has 0 aliphatic rings. The zero-order valence-electron chi connectivity index (χ0n) is 15.0. The SMILES string of the molecule is COC(=O)C[C@@H](NC(=O)C[C@H](NC(C)=O)c1ccc(Cl)cc1)c1cccs1. The Balaban J connectivity index is 2.11. The highest BCUT2D eigenvalue weighted by atomic mass is 35.5. The molecule has 2 atom stereocenters. The average molecular weight is 409 g/mol. The van der Waals surface area contributed by atoms with E-state index in [1.54, 1.807) is 24.3 Å². The molecule has 0 spiro atoms. The number of hydrogen-bond donors (Lipinski definition) is 2. The highest BCUT2D eigenvalue weighted by Crippen LogP contribution is 2.24. The number of benzene rings is 1. The number of esters is 1. The fraction of sp³-hybridized carbons (Fsp3) is 0.316. The van der Waals surface area contributed by atoms with E-state index in [1.165, 1.54) is 25.4 Å². The smallest absolute Gasteiger partial charge is 0.307 e. The topological polar surface area (TPSA) is 84.5 Å². The summed E-state index contributed by atoms with van der Waals surface area (Å²) in [5.74, 6) is -0.942. The van der Waals surface area contributed by atoms with Crippen molar-refractivity contribution in [2.75, 3.05) is 7.11 Å². The molecule has 6 nitrogen and oxygen atoms in total. The van der Waals surface area contributed by atoms with Gasteiger partial charge in [-0.2, -0.15) is 0 Å². The zero-order chi connectivity index (χ0) is 19.8. The van der Waals surface area contributed by atoms with E-state index in [1.807, 2.05) is 17.5 Å². The van der Waals surface area contributed by atoms with Crippen LogP contribution in [0.3, 0.4) is 0 Å². The maximum Gasteiger partial charge on any atom is 0.307 e. The van der Waals surface area contributed by atoms with Crippen molar-refractivity contribution < 1.29 is 19.1 Å². The molecule has 2 N–H and O–H groups in total. The van der Waals surface area contributed by atoms with Gasteiger partial charge in [-0.15, -0.1) is 11.3 Å². The predicted molar refractivity (Wildman–Crippen MR) is 104 cm³/mol. The lowest BCUT2D eigenvalue weighted by atomic mass is 10.0. The van der Waals surface area contributed by atoms with Crippen LogP contribution in [0.4, 0.5) is 0 Å². The van der Waals surface area contributed by atoms with E-state index in [4.69, 9.17) is 16.3 Å². The number of thiophene rings is 1. The summed E-state index contributed by atoms with van der Waals surface area (Å²) in [6.45, 7) is 1.40. The Morgan fingerprint density at radius 3 is 2.33 bits per heavy atom. The molecule has 0 unspecified atom stereocenters. The molecule has 8 heteroatoms. The number of halogens is 1. The van der Waals surface area contributed by atoms with Crippen molar-refractivity contribution in [3.05, 3.63) is 57.2 Å². The molecule has 0 aliphatic carbocycles. The van der Waals surface area contributed by atoms with Crippen molar-refractivity contribution in [3.63, 3.8) is 0 Å². The van der Waals surface area contributed by atoms with Crippen molar-refractivity contribution in [3.8, 4) is 0 Å². The molecule has 1 aromatic heterocycles. The molecule has 2 aromatic rings. The van der Waals surface area contributed by atoms with Crippen molar-refractivity contribution in [1.29, 1.82) is 0 Å². The largest absolute Gasteiger partial charge is 0.469 e. The van der Waals surface area contributed by atoms with Crippen LogP contribution in [0.1, 0.15) is 42.3 Å². The second-order valence-corrected chi connectivity index (χ2v) is 7.34. The van der Waals surface area contributed by atoms with Crippen LogP contribution in [0.15, 0.2) is 41.8 Å². The van der Waals surface area contributed by atoms with Gasteiger partial charge >= 0.3 is 5.97 Å². The lowest BCUT2D eigenvalue weighted by molar-refractivity contribution is -0.141. The Morgan fingerprint density at radius 2 is 1.78 bits per heavy atom. The number of rotatable bonds is 8. The van der Waals surface area contributed by atoms with Crippen LogP contribution < -0.4 is 10.6 Å². The predicted octanol–water partition coefficient (Wildman–Crippen LogP) is 3.39. The van der Waals surface area contributed by atoms with Gasteiger partial charge in [-0.05, 0) is 29.1 Å². The van der Waals surface area contributed by atoms with Gasteiger partial charge in [0.25, 0.3) is 0 Å². The Hall–Kier alpha value is -2.38. The Morgan fingerprint density at radius 1 is 1.07 bits per heavy atom. The van der Waals surface area contributed by atoms with E-state index in [9.17, 15) is 14.4 Å². The number of carbonyl (C=O) groups is 3. The molecule has 2 rings (SSSR count). The van der Waals surface area contributed by atoms with Gasteiger partial charge in [0.2, 0.25) is 11.8 Å². The van der Waals surface area contributed by atoms with Gasteiger partial charge in [-0.1, -0.05) is 29.8 Å². The Labute approximate surface area is 166 Å². The van der Waals surface area contributed by atoms with Crippen molar-refractivity contribution in [1.82, 2.24) is 10.6 Å². The highest BCUT2D eigenvalue weighted by Gasteiger charge is 2.23. The molecule has 144 valence electrons. The Bertz CT molecular complexity index is 778. The molecule has 0 aliphatic heterocycles. The first kappa shape index (κ1) is 20.9. The molecular formula is C19H21ClN2O4S. The summed E-state index contributed by atoms with van der Waals surface area (Å²) in [6.07, 6.45) is 0.0682. The maximum atomic E-state index is 12.6. The van der Waals surface area contributed by atoms with Gasteiger partial charge in [-0.3, -0.25) is 14.4 Å². The fourth-order valence-electron chi connectivity index (χ4n) is 2.59. The molecule has 0 radical (unpaired) electrons. The minimum absolute atomic E-state index is 0.0320. The lowest BCUT2D eigenvalue weighted by Crippen LogP contribution is -2.35. The van der Waals surface area contributed by atoms with E-state index < -0.39 is 18.1 Å². The average Bonchev–Trinajstić information content (AvgIpc) is 3.15. The molecule has 0 fully saturated rings. The van der Waals surface area contributed by atoms with Gasteiger partial charge in [0, 0.05) is 16.8 Å². The first-order chi connectivity index (χ1) is 12.9. The molecule has 0 bridgehead atoms.